The predicted octanol–water partition coefficient (Wildman–Crippen LogP) is 3.63. The van der Waals surface area contributed by atoms with Crippen LogP contribution in [0.4, 0.5) is 5.69 Å². The Morgan fingerprint density at radius 2 is 1.88 bits per heavy atom. The van der Waals surface area contributed by atoms with E-state index in [9.17, 15) is 19.5 Å². The van der Waals surface area contributed by atoms with E-state index in [2.05, 4.69) is 5.32 Å². The number of rotatable bonds is 8. The fourth-order valence-electron chi connectivity index (χ4n) is 2.99. The van der Waals surface area contributed by atoms with E-state index in [-0.39, 0.29) is 30.1 Å². The Kier molecular flexibility index (Phi) is 7.49. The first kappa shape index (κ1) is 23.3. The van der Waals surface area contributed by atoms with Crippen molar-refractivity contribution in [2.75, 3.05) is 26.1 Å². The van der Waals surface area contributed by atoms with E-state index in [0.717, 1.165) is 17.3 Å². The van der Waals surface area contributed by atoms with Crippen molar-refractivity contribution in [1.29, 1.82) is 0 Å². The lowest BCUT2D eigenvalue weighted by Gasteiger charge is -2.14. The van der Waals surface area contributed by atoms with Crippen molar-refractivity contribution < 1.29 is 29.0 Å². The van der Waals surface area contributed by atoms with Crippen LogP contribution in [0.25, 0.3) is 6.08 Å². The minimum atomic E-state index is -1.14. The topological polar surface area (TPSA) is 105 Å². The lowest BCUT2D eigenvalue weighted by atomic mass is 10.1. The molecule has 2 N–H and O–H groups in total. The van der Waals surface area contributed by atoms with E-state index in [0.29, 0.717) is 20.7 Å². The molecule has 0 radical (unpaired) electrons. The van der Waals surface area contributed by atoms with Crippen LogP contribution in [-0.2, 0) is 9.59 Å². The molecule has 1 fully saturated rings. The molecule has 1 heterocycles. The summed E-state index contributed by atoms with van der Waals surface area (Å²) in [5.41, 5.74) is 0.930. The monoisotopic (exact) mass is 472 g/mol. The Morgan fingerprint density at radius 3 is 2.56 bits per heavy atom. The highest BCUT2D eigenvalue weighted by atomic mass is 32.2. The lowest BCUT2D eigenvalue weighted by molar-refractivity contribution is -0.122. The zero-order valence-corrected chi connectivity index (χ0v) is 18.9. The molecular weight excluding hydrogens is 452 g/mol. The number of hydrogen-bond acceptors (Lipinski definition) is 7. The first-order valence-electron chi connectivity index (χ1n) is 9.43. The quantitative estimate of drug-likeness (QED) is 0.443. The van der Waals surface area contributed by atoms with Crippen molar-refractivity contribution in [2.24, 2.45) is 0 Å². The number of amides is 2. The molecule has 0 bridgehead atoms. The van der Waals surface area contributed by atoms with Gasteiger partial charge in [-0.1, -0.05) is 42.2 Å². The number of methoxy groups -OCH3 is 2. The SMILES string of the molecule is COc1ccc(C=C2SC(=S)N(CCC(=O)Nc3ccccc3C(=O)O)C2=O)cc1OC. The largest absolute Gasteiger partial charge is 0.493 e. The van der Waals surface area contributed by atoms with Gasteiger partial charge in [-0.3, -0.25) is 14.5 Å². The minimum absolute atomic E-state index is 0.00989. The molecular formula is C22H20N2O6S2. The van der Waals surface area contributed by atoms with Crippen LogP contribution in [0.5, 0.6) is 11.5 Å². The summed E-state index contributed by atoms with van der Waals surface area (Å²) < 4.78 is 10.8. The summed E-state index contributed by atoms with van der Waals surface area (Å²) in [6.45, 7) is 0.0784. The summed E-state index contributed by atoms with van der Waals surface area (Å²) in [5.74, 6) is -0.744. The number of para-hydroxylation sites is 1. The summed E-state index contributed by atoms with van der Waals surface area (Å²) in [4.78, 5) is 38.2. The number of carboxylic acids is 1. The molecule has 1 aliphatic rings. The van der Waals surface area contributed by atoms with Crippen LogP contribution in [0.3, 0.4) is 0 Å². The predicted molar refractivity (Wildman–Crippen MR) is 126 cm³/mol. The number of carbonyl (C=O) groups excluding carboxylic acids is 2. The molecule has 0 saturated carbocycles. The number of thioether (sulfide) groups is 1. The van der Waals surface area contributed by atoms with Gasteiger partial charge in [-0.15, -0.1) is 0 Å². The first-order valence-corrected chi connectivity index (χ1v) is 10.7. The number of hydrogen-bond donors (Lipinski definition) is 2. The van der Waals surface area contributed by atoms with E-state index in [1.165, 1.54) is 24.1 Å². The van der Waals surface area contributed by atoms with Gasteiger partial charge in [-0.2, -0.15) is 0 Å². The first-order chi connectivity index (χ1) is 15.3. The number of nitrogens with one attached hydrogen (secondary N) is 1. The number of carboxylic acid groups (broad SMARTS) is 1. The number of nitrogens with zero attached hydrogens (tertiary/aromatic N) is 1. The standard InChI is InChI=1S/C22H20N2O6S2/c1-29-16-8-7-13(11-17(16)30-2)12-18-20(26)24(22(31)32-18)10-9-19(25)23-15-6-4-3-5-14(15)21(27)28/h3-8,11-12H,9-10H2,1-2H3,(H,23,25)(H,27,28). The second-order valence-electron chi connectivity index (χ2n) is 6.60. The highest BCUT2D eigenvalue weighted by molar-refractivity contribution is 8.26. The molecule has 0 aromatic heterocycles. The van der Waals surface area contributed by atoms with Gasteiger partial charge in [0, 0.05) is 13.0 Å². The molecule has 2 aromatic rings. The second-order valence-corrected chi connectivity index (χ2v) is 8.27. The molecule has 166 valence electrons. The molecule has 10 heteroatoms. The molecule has 0 spiro atoms. The molecule has 32 heavy (non-hydrogen) atoms. The Bertz CT molecular complexity index is 1120. The third-order valence-corrected chi connectivity index (χ3v) is 5.95. The number of benzene rings is 2. The molecule has 8 nitrogen and oxygen atoms in total. The number of carbonyl (C=O) groups is 3. The van der Waals surface area contributed by atoms with Crippen LogP contribution in [0.2, 0.25) is 0 Å². The molecule has 2 amide bonds. The molecule has 0 unspecified atom stereocenters. The van der Waals surface area contributed by atoms with Gasteiger partial charge in [0.1, 0.15) is 4.32 Å². The minimum Gasteiger partial charge on any atom is -0.493 e. The van der Waals surface area contributed by atoms with E-state index < -0.39 is 11.9 Å². The molecule has 1 aliphatic heterocycles. The number of aromatic carboxylic acids is 1. The molecule has 1 saturated heterocycles. The molecule has 0 atom stereocenters. The summed E-state index contributed by atoms with van der Waals surface area (Å²) in [6, 6.07) is 11.4. The maximum absolute atomic E-state index is 12.8. The summed E-state index contributed by atoms with van der Waals surface area (Å²) in [7, 11) is 3.07. The highest BCUT2D eigenvalue weighted by Gasteiger charge is 2.32. The van der Waals surface area contributed by atoms with Crippen LogP contribution in [0.1, 0.15) is 22.3 Å². The Morgan fingerprint density at radius 1 is 1.16 bits per heavy atom. The Hall–Kier alpha value is -3.37. The van der Waals surface area contributed by atoms with Crippen LogP contribution in [0, 0.1) is 0 Å². The van der Waals surface area contributed by atoms with Gasteiger partial charge in [0.2, 0.25) is 5.91 Å². The Labute approximate surface area is 194 Å². The molecule has 3 rings (SSSR count). The summed E-state index contributed by atoms with van der Waals surface area (Å²) in [6.07, 6.45) is 1.66. The average molecular weight is 473 g/mol. The van der Waals surface area contributed by atoms with E-state index in [1.807, 2.05) is 0 Å². The van der Waals surface area contributed by atoms with E-state index >= 15 is 0 Å². The summed E-state index contributed by atoms with van der Waals surface area (Å²) in [5, 5.41) is 11.8. The highest BCUT2D eigenvalue weighted by Crippen LogP contribution is 2.34. The van der Waals surface area contributed by atoms with Crippen molar-refractivity contribution in [3.05, 3.63) is 58.5 Å². The smallest absolute Gasteiger partial charge is 0.337 e. The van der Waals surface area contributed by atoms with Crippen LogP contribution in [-0.4, -0.2) is 52.9 Å². The Balaban J connectivity index is 1.66. The molecule has 2 aromatic carbocycles. The summed E-state index contributed by atoms with van der Waals surface area (Å²) >= 11 is 6.46. The van der Waals surface area contributed by atoms with Crippen LogP contribution < -0.4 is 14.8 Å². The van der Waals surface area contributed by atoms with Crippen molar-refractivity contribution >= 4 is 57.8 Å². The maximum atomic E-state index is 12.8. The fourth-order valence-corrected chi connectivity index (χ4v) is 4.30. The number of ether oxygens (including phenoxy) is 2. The zero-order valence-electron chi connectivity index (χ0n) is 17.3. The van der Waals surface area contributed by atoms with Gasteiger partial charge < -0.3 is 19.9 Å². The average Bonchev–Trinajstić information content (AvgIpc) is 3.04. The van der Waals surface area contributed by atoms with Crippen molar-refractivity contribution in [1.82, 2.24) is 4.90 Å². The number of thiocarbonyl (C=S) groups is 1. The van der Waals surface area contributed by atoms with Gasteiger partial charge in [0.15, 0.2) is 11.5 Å². The van der Waals surface area contributed by atoms with Crippen molar-refractivity contribution in [2.45, 2.75) is 6.42 Å². The van der Waals surface area contributed by atoms with Crippen molar-refractivity contribution in [3.8, 4) is 11.5 Å². The van der Waals surface area contributed by atoms with Gasteiger partial charge in [0.05, 0.1) is 30.4 Å². The van der Waals surface area contributed by atoms with Gasteiger partial charge in [-0.25, -0.2) is 4.79 Å². The zero-order chi connectivity index (χ0) is 23.3. The third-order valence-electron chi connectivity index (χ3n) is 4.57. The number of anilines is 1. The van der Waals surface area contributed by atoms with Gasteiger partial charge in [0.25, 0.3) is 5.91 Å². The maximum Gasteiger partial charge on any atom is 0.337 e. The molecule has 0 aliphatic carbocycles. The lowest BCUT2D eigenvalue weighted by Crippen LogP contribution is -2.31. The van der Waals surface area contributed by atoms with Gasteiger partial charge >= 0.3 is 5.97 Å². The fraction of sp³-hybridized carbons (Fsp3) is 0.182. The van der Waals surface area contributed by atoms with E-state index in [1.54, 1.807) is 43.5 Å². The van der Waals surface area contributed by atoms with E-state index in [4.69, 9.17) is 21.7 Å². The second kappa shape index (κ2) is 10.3. The van der Waals surface area contributed by atoms with Crippen molar-refractivity contribution in [3.63, 3.8) is 0 Å². The van der Waals surface area contributed by atoms with Crippen LogP contribution >= 0.6 is 24.0 Å². The third kappa shape index (κ3) is 5.27. The van der Waals surface area contributed by atoms with Gasteiger partial charge in [-0.05, 0) is 35.9 Å². The normalized spacial score (nSPS) is 14.6. The van der Waals surface area contributed by atoms with Crippen LogP contribution in [0.15, 0.2) is 47.4 Å².